The lowest BCUT2D eigenvalue weighted by molar-refractivity contribution is 0.112. The second kappa shape index (κ2) is 3.95. The summed E-state index contributed by atoms with van der Waals surface area (Å²) in [5.74, 6) is 0.919. The van der Waals surface area contributed by atoms with E-state index in [-0.39, 0.29) is 6.10 Å². The summed E-state index contributed by atoms with van der Waals surface area (Å²) in [6, 6.07) is 0. The van der Waals surface area contributed by atoms with Crippen molar-refractivity contribution >= 4 is 0 Å². The highest BCUT2D eigenvalue weighted by Crippen LogP contribution is 2.18. The van der Waals surface area contributed by atoms with Gasteiger partial charge >= 0.3 is 0 Å². The third kappa shape index (κ3) is 2.42. The third-order valence-electron chi connectivity index (χ3n) is 3.24. The molecule has 2 heterocycles. The van der Waals surface area contributed by atoms with Crippen LogP contribution in [0, 0.1) is 5.92 Å². The van der Waals surface area contributed by atoms with Crippen molar-refractivity contribution in [1.29, 1.82) is 0 Å². The molecule has 1 N–H and O–H groups in total. The van der Waals surface area contributed by atoms with E-state index in [1.807, 2.05) is 0 Å². The van der Waals surface area contributed by atoms with E-state index in [0.717, 1.165) is 25.4 Å². The summed E-state index contributed by atoms with van der Waals surface area (Å²) in [6.07, 6.45) is 2.24. The zero-order chi connectivity index (χ0) is 9.26. The Morgan fingerprint density at radius 2 is 2.08 bits per heavy atom. The van der Waals surface area contributed by atoms with Crippen LogP contribution in [0.3, 0.4) is 0 Å². The number of nitrogens with zero attached hydrogens (tertiary/aromatic N) is 2. The molecule has 2 saturated heterocycles. The molecule has 1 atom stereocenters. The molecule has 0 bridgehead atoms. The molecule has 0 unspecified atom stereocenters. The molecule has 0 aromatic rings. The molecule has 3 heteroatoms. The van der Waals surface area contributed by atoms with E-state index in [2.05, 4.69) is 16.8 Å². The molecule has 2 fully saturated rings. The van der Waals surface area contributed by atoms with Gasteiger partial charge in [0, 0.05) is 26.2 Å². The van der Waals surface area contributed by atoms with Crippen LogP contribution >= 0.6 is 0 Å². The molecule has 0 aromatic carbocycles. The highest BCUT2D eigenvalue weighted by Gasteiger charge is 2.25. The fourth-order valence-corrected chi connectivity index (χ4v) is 2.39. The molecular weight excluding hydrogens is 164 g/mol. The van der Waals surface area contributed by atoms with Gasteiger partial charge in [-0.05, 0) is 32.4 Å². The van der Waals surface area contributed by atoms with Gasteiger partial charge in [-0.2, -0.15) is 0 Å². The predicted molar refractivity (Wildman–Crippen MR) is 52.7 cm³/mol. The van der Waals surface area contributed by atoms with Crippen LogP contribution < -0.4 is 0 Å². The second-order valence-corrected chi connectivity index (χ2v) is 4.62. The van der Waals surface area contributed by atoms with Crippen molar-refractivity contribution in [3.8, 4) is 0 Å². The van der Waals surface area contributed by atoms with Crippen LogP contribution in [0.5, 0.6) is 0 Å². The Labute approximate surface area is 80.3 Å². The first-order chi connectivity index (χ1) is 6.24. The minimum absolute atomic E-state index is 0.0518. The molecule has 2 rings (SSSR count). The van der Waals surface area contributed by atoms with Crippen molar-refractivity contribution in [2.45, 2.75) is 18.9 Å². The van der Waals surface area contributed by atoms with E-state index in [4.69, 9.17) is 0 Å². The van der Waals surface area contributed by atoms with Crippen LogP contribution in [-0.4, -0.2) is 60.8 Å². The molecular formula is C10H20N2O. The molecule has 0 saturated carbocycles. The molecule has 76 valence electrons. The van der Waals surface area contributed by atoms with Crippen molar-refractivity contribution in [3.05, 3.63) is 0 Å². The number of hydrogen-bond acceptors (Lipinski definition) is 3. The van der Waals surface area contributed by atoms with Crippen molar-refractivity contribution in [3.63, 3.8) is 0 Å². The average molecular weight is 184 g/mol. The summed E-state index contributed by atoms with van der Waals surface area (Å²) >= 11 is 0. The minimum Gasteiger partial charge on any atom is -0.392 e. The summed E-state index contributed by atoms with van der Waals surface area (Å²) in [4.78, 5) is 4.76. The van der Waals surface area contributed by atoms with Gasteiger partial charge in [-0.25, -0.2) is 0 Å². The first-order valence-corrected chi connectivity index (χ1v) is 5.33. The van der Waals surface area contributed by atoms with Gasteiger partial charge in [0.2, 0.25) is 0 Å². The SMILES string of the molecule is CN1CC(CCN2CC[C@H](O)C2)C1. The Morgan fingerprint density at radius 1 is 1.31 bits per heavy atom. The zero-order valence-electron chi connectivity index (χ0n) is 8.45. The topological polar surface area (TPSA) is 26.7 Å². The van der Waals surface area contributed by atoms with Gasteiger partial charge in [-0.1, -0.05) is 0 Å². The van der Waals surface area contributed by atoms with Gasteiger partial charge in [0.05, 0.1) is 6.10 Å². The Hall–Kier alpha value is -0.120. The van der Waals surface area contributed by atoms with E-state index in [9.17, 15) is 5.11 Å². The van der Waals surface area contributed by atoms with Gasteiger partial charge in [0.15, 0.2) is 0 Å². The van der Waals surface area contributed by atoms with E-state index >= 15 is 0 Å². The Morgan fingerprint density at radius 3 is 2.62 bits per heavy atom. The van der Waals surface area contributed by atoms with Crippen molar-refractivity contribution in [2.75, 3.05) is 39.8 Å². The van der Waals surface area contributed by atoms with E-state index in [0.29, 0.717) is 0 Å². The normalized spacial score (nSPS) is 32.3. The molecule has 0 aliphatic carbocycles. The first-order valence-electron chi connectivity index (χ1n) is 5.33. The van der Waals surface area contributed by atoms with Crippen molar-refractivity contribution < 1.29 is 5.11 Å². The number of aliphatic hydroxyl groups is 1. The highest BCUT2D eigenvalue weighted by atomic mass is 16.3. The largest absolute Gasteiger partial charge is 0.392 e. The fraction of sp³-hybridized carbons (Fsp3) is 1.00. The second-order valence-electron chi connectivity index (χ2n) is 4.62. The molecule has 0 radical (unpaired) electrons. The highest BCUT2D eigenvalue weighted by molar-refractivity contribution is 4.80. The van der Waals surface area contributed by atoms with Crippen LogP contribution in [0.2, 0.25) is 0 Å². The van der Waals surface area contributed by atoms with Gasteiger partial charge in [0.25, 0.3) is 0 Å². The number of hydrogen-bond donors (Lipinski definition) is 1. The van der Waals surface area contributed by atoms with Gasteiger partial charge in [0.1, 0.15) is 0 Å². The zero-order valence-corrected chi connectivity index (χ0v) is 8.45. The summed E-state index contributed by atoms with van der Waals surface area (Å²) in [5.41, 5.74) is 0. The molecule has 13 heavy (non-hydrogen) atoms. The van der Waals surface area contributed by atoms with Crippen molar-refractivity contribution in [1.82, 2.24) is 9.80 Å². The lowest BCUT2D eigenvalue weighted by atomic mass is 9.97. The lowest BCUT2D eigenvalue weighted by Crippen LogP contribution is -2.44. The fourth-order valence-electron chi connectivity index (χ4n) is 2.39. The average Bonchev–Trinajstić information content (AvgIpc) is 2.43. The first kappa shape index (κ1) is 9.44. The summed E-state index contributed by atoms with van der Waals surface area (Å²) in [5, 5.41) is 9.33. The Kier molecular flexibility index (Phi) is 2.86. The smallest absolute Gasteiger partial charge is 0.0679 e. The molecule has 0 amide bonds. The molecule has 0 spiro atoms. The molecule has 2 aliphatic rings. The van der Waals surface area contributed by atoms with Crippen LogP contribution in [0.4, 0.5) is 0 Å². The number of rotatable bonds is 3. The van der Waals surface area contributed by atoms with Gasteiger partial charge < -0.3 is 14.9 Å². The Bertz CT molecular complexity index is 168. The van der Waals surface area contributed by atoms with E-state index in [1.165, 1.54) is 26.1 Å². The van der Waals surface area contributed by atoms with Crippen LogP contribution in [0.25, 0.3) is 0 Å². The summed E-state index contributed by atoms with van der Waals surface area (Å²) < 4.78 is 0. The summed E-state index contributed by atoms with van der Waals surface area (Å²) in [6.45, 7) is 5.74. The maximum Gasteiger partial charge on any atom is 0.0679 e. The van der Waals surface area contributed by atoms with Crippen LogP contribution in [0.1, 0.15) is 12.8 Å². The predicted octanol–water partition coefficient (Wildman–Crippen LogP) is 0.00470. The van der Waals surface area contributed by atoms with E-state index < -0.39 is 0 Å². The molecule has 0 aromatic heterocycles. The van der Waals surface area contributed by atoms with Gasteiger partial charge in [-0.15, -0.1) is 0 Å². The lowest BCUT2D eigenvalue weighted by Gasteiger charge is -2.37. The number of likely N-dealkylation sites (tertiary alicyclic amines) is 2. The maximum absolute atomic E-state index is 9.33. The van der Waals surface area contributed by atoms with E-state index in [1.54, 1.807) is 0 Å². The van der Waals surface area contributed by atoms with Crippen molar-refractivity contribution in [2.24, 2.45) is 5.92 Å². The standard InChI is InChI=1S/C10H20N2O/c1-11-6-9(7-11)2-4-12-5-3-10(13)8-12/h9-10,13H,2-8H2,1H3/t10-/m0/s1. The third-order valence-corrected chi connectivity index (χ3v) is 3.24. The number of aliphatic hydroxyl groups excluding tert-OH is 1. The summed E-state index contributed by atoms with van der Waals surface area (Å²) in [7, 11) is 2.18. The number of β-amino-alcohol motifs (C(OH)–C–C–N with tert-alkyl or cyclic N) is 1. The van der Waals surface area contributed by atoms with Crippen LogP contribution in [0.15, 0.2) is 0 Å². The van der Waals surface area contributed by atoms with Crippen LogP contribution in [-0.2, 0) is 0 Å². The van der Waals surface area contributed by atoms with Gasteiger partial charge in [-0.3, -0.25) is 0 Å². The molecule has 3 nitrogen and oxygen atoms in total. The quantitative estimate of drug-likeness (QED) is 0.669. The monoisotopic (exact) mass is 184 g/mol. The maximum atomic E-state index is 9.33. The Balaban J connectivity index is 1.58. The minimum atomic E-state index is -0.0518. The molecule has 2 aliphatic heterocycles.